The first-order valence-corrected chi connectivity index (χ1v) is 11.5. The normalized spacial score (nSPS) is 13.1. The van der Waals surface area contributed by atoms with Crippen LogP contribution in [-0.4, -0.2) is 72.5 Å². The third-order valence-electron chi connectivity index (χ3n) is 5.81. The molecule has 0 atom stereocenters. The van der Waals surface area contributed by atoms with Gasteiger partial charge in [-0.3, -0.25) is 14.4 Å². The molecule has 1 heterocycles. The van der Waals surface area contributed by atoms with Crippen molar-refractivity contribution >= 4 is 23.4 Å². The Labute approximate surface area is 208 Å². The lowest BCUT2D eigenvalue weighted by atomic mass is 10.1. The van der Waals surface area contributed by atoms with E-state index in [0.29, 0.717) is 48.9 Å². The van der Waals surface area contributed by atoms with Crippen LogP contribution in [0, 0.1) is 0 Å². The Kier molecular flexibility index (Phi) is 7.69. The minimum atomic E-state index is -0.320. The Hall–Kier alpha value is -4.53. The van der Waals surface area contributed by atoms with Crippen LogP contribution in [0.25, 0.3) is 0 Å². The molecule has 9 heteroatoms. The lowest BCUT2D eigenvalue weighted by Crippen LogP contribution is -2.50. The molecule has 3 aromatic carbocycles. The van der Waals surface area contributed by atoms with Crippen molar-refractivity contribution in [3.05, 3.63) is 83.9 Å². The molecule has 2 N–H and O–H groups in total. The molecular weight excluding hydrogens is 462 g/mol. The highest BCUT2D eigenvalue weighted by Gasteiger charge is 2.26. The van der Waals surface area contributed by atoms with Gasteiger partial charge in [0.2, 0.25) is 0 Å². The number of phenolic OH excluding ortho intramolecular Hbond substituents is 1. The first kappa shape index (κ1) is 24.6. The topological polar surface area (TPSA) is 108 Å². The Bertz CT molecular complexity index is 1240. The van der Waals surface area contributed by atoms with Crippen LogP contribution in [0.4, 0.5) is 5.69 Å². The number of benzene rings is 3. The average molecular weight is 490 g/mol. The summed E-state index contributed by atoms with van der Waals surface area (Å²) in [7, 11) is 1.55. The van der Waals surface area contributed by atoms with Crippen molar-refractivity contribution < 1.29 is 29.0 Å². The third-order valence-corrected chi connectivity index (χ3v) is 5.81. The Morgan fingerprint density at radius 1 is 0.833 bits per heavy atom. The van der Waals surface area contributed by atoms with E-state index >= 15 is 0 Å². The minimum absolute atomic E-state index is 0.0545. The maximum absolute atomic E-state index is 12.9. The molecule has 0 unspecified atom stereocenters. The molecule has 1 aliphatic rings. The summed E-state index contributed by atoms with van der Waals surface area (Å²) in [5.74, 6) is 0.327. The zero-order valence-corrected chi connectivity index (χ0v) is 19.8. The van der Waals surface area contributed by atoms with Gasteiger partial charge in [-0.15, -0.1) is 0 Å². The van der Waals surface area contributed by atoms with Crippen LogP contribution < -0.4 is 14.8 Å². The number of methoxy groups -OCH3 is 1. The number of anilines is 1. The number of nitrogens with zero attached hydrogens (tertiary/aromatic N) is 2. The van der Waals surface area contributed by atoms with Gasteiger partial charge in [0.1, 0.15) is 17.2 Å². The number of hydrogen-bond donors (Lipinski definition) is 2. The number of phenols is 1. The summed E-state index contributed by atoms with van der Waals surface area (Å²) in [6.45, 7) is 1.35. The summed E-state index contributed by atoms with van der Waals surface area (Å²) >= 11 is 0. The van der Waals surface area contributed by atoms with Gasteiger partial charge in [-0.1, -0.05) is 18.2 Å². The molecule has 1 fully saturated rings. The number of carbonyl (C=O) groups excluding carboxylic acids is 3. The van der Waals surface area contributed by atoms with Crippen LogP contribution in [0.1, 0.15) is 20.7 Å². The van der Waals surface area contributed by atoms with E-state index in [2.05, 4.69) is 5.32 Å². The molecule has 1 aliphatic heterocycles. The quantitative estimate of drug-likeness (QED) is 0.528. The van der Waals surface area contributed by atoms with E-state index in [1.165, 1.54) is 6.07 Å². The van der Waals surface area contributed by atoms with Gasteiger partial charge in [0.05, 0.1) is 12.7 Å². The molecule has 1 saturated heterocycles. The van der Waals surface area contributed by atoms with E-state index in [-0.39, 0.29) is 35.6 Å². The van der Waals surface area contributed by atoms with Crippen molar-refractivity contribution in [3.63, 3.8) is 0 Å². The summed E-state index contributed by atoms with van der Waals surface area (Å²) in [4.78, 5) is 41.0. The van der Waals surface area contributed by atoms with Crippen LogP contribution in [0.15, 0.2) is 72.8 Å². The number of piperazine rings is 1. The predicted molar refractivity (Wildman–Crippen MR) is 133 cm³/mol. The molecule has 0 aliphatic carbocycles. The molecule has 3 aromatic rings. The minimum Gasteiger partial charge on any atom is -0.507 e. The molecule has 0 radical (unpaired) electrons. The first-order chi connectivity index (χ1) is 17.4. The lowest BCUT2D eigenvalue weighted by molar-refractivity contribution is -0.118. The number of nitrogens with one attached hydrogen (secondary N) is 1. The fourth-order valence-corrected chi connectivity index (χ4v) is 3.86. The van der Waals surface area contributed by atoms with Crippen LogP contribution in [0.5, 0.6) is 17.2 Å². The van der Waals surface area contributed by atoms with Crippen LogP contribution in [0.3, 0.4) is 0 Å². The fourth-order valence-electron chi connectivity index (χ4n) is 3.86. The van der Waals surface area contributed by atoms with Gasteiger partial charge in [-0.2, -0.15) is 0 Å². The Morgan fingerprint density at radius 3 is 2.17 bits per heavy atom. The summed E-state index contributed by atoms with van der Waals surface area (Å²) in [5.41, 5.74) is 1.35. The SMILES string of the molecule is COc1cccc(NC(=O)COc2ccc(C(=O)N3CCN(C(=O)c4ccccc4O)CC3)cc2)c1. The van der Waals surface area contributed by atoms with Gasteiger partial charge in [0.25, 0.3) is 17.7 Å². The average Bonchev–Trinajstić information content (AvgIpc) is 2.92. The number of carbonyl (C=O) groups is 3. The van der Waals surface area contributed by atoms with Gasteiger partial charge in [-0.25, -0.2) is 0 Å². The zero-order chi connectivity index (χ0) is 25.5. The standard InChI is InChI=1S/C27H27N3O6/c1-35-22-6-4-5-20(17-22)28-25(32)18-36-21-11-9-19(10-12-21)26(33)29-13-15-30(16-14-29)27(34)23-7-2-3-8-24(23)31/h2-12,17,31H,13-16,18H2,1H3,(H,28,32). The second kappa shape index (κ2) is 11.3. The number of rotatable bonds is 7. The Balaban J connectivity index is 1.26. The maximum Gasteiger partial charge on any atom is 0.262 e. The Morgan fingerprint density at radius 2 is 1.50 bits per heavy atom. The van der Waals surface area contributed by atoms with Crippen LogP contribution >= 0.6 is 0 Å². The second-order valence-electron chi connectivity index (χ2n) is 8.19. The molecular formula is C27H27N3O6. The predicted octanol–water partition coefficient (Wildman–Crippen LogP) is 3.02. The molecule has 0 saturated carbocycles. The highest BCUT2D eigenvalue weighted by Crippen LogP contribution is 2.20. The van der Waals surface area contributed by atoms with E-state index in [4.69, 9.17) is 9.47 Å². The summed E-state index contributed by atoms with van der Waals surface area (Å²) in [6.07, 6.45) is 0. The number of amides is 3. The maximum atomic E-state index is 12.9. The molecule has 9 nitrogen and oxygen atoms in total. The zero-order valence-electron chi connectivity index (χ0n) is 19.8. The van der Waals surface area contributed by atoms with Gasteiger partial charge in [-0.05, 0) is 48.5 Å². The summed E-state index contributed by atoms with van der Waals surface area (Å²) < 4.78 is 10.7. The highest BCUT2D eigenvalue weighted by molar-refractivity contribution is 5.97. The summed E-state index contributed by atoms with van der Waals surface area (Å²) in [6, 6.07) is 20.0. The van der Waals surface area contributed by atoms with Crippen LogP contribution in [-0.2, 0) is 4.79 Å². The number of hydrogen-bond acceptors (Lipinski definition) is 6. The van der Waals surface area contributed by atoms with Gasteiger partial charge >= 0.3 is 0 Å². The van der Waals surface area contributed by atoms with E-state index in [1.807, 2.05) is 0 Å². The molecule has 186 valence electrons. The molecule has 0 aromatic heterocycles. The number of para-hydroxylation sites is 1. The van der Waals surface area contributed by atoms with E-state index in [0.717, 1.165) is 0 Å². The van der Waals surface area contributed by atoms with Crippen molar-refractivity contribution in [2.45, 2.75) is 0 Å². The van der Waals surface area contributed by atoms with Crippen molar-refractivity contribution in [2.75, 3.05) is 45.2 Å². The van der Waals surface area contributed by atoms with Gasteiger partial charge < -0.3 is 29.7 Å². The summed E-state index contributed by atoms with van der Waals surface area (Å²) in [5, 5.41) is 12.7. The third kappa shape index (κ3) is 5.93. The van der Waals surface area contributed by atoms with Crippen molar-refractivity contribution in [3.8, 4) is 17.2 Å². The molecule has 0 bridgehead atoms. The van der Waals surface area contributed by atoms with E-state index in [1.54, 1.807) is 83.6 Å². The van der Waals surface area contributed by atoms with E-state index in [9.17, 15) is 19.5 Å². The van der Waals surface area contributed by atoms with Crippen molar-refractivity contribution in [1.82, 2.24) is 9.80 Å². The molecule has 36 heavy (non-hydrogen) atoms. The molecule has 3 amide bonds. The van der Waals surface area contributed by atoms with Gasteiger partial charge in [0, 0.05) is 43.5 Å². The van der Waals surface area contributed by atoms with Gasteiger partial charge in [0.15, 0.2) is 6.61 Å². The fraction of sp³-hybridized carbons (Fsp3) is 0.222. The van der Waals surface area contributed by atoms with Crippen LogP contribution in [0.2, 0.25) is 0 Å². The molecule has 0 spiro atoms. The smallest absolute Gasteiger partial charge is 0.262 e. The monoisotopic (exact) mass is 489 g/mol. The highest BCUT2D eigenvalue weighted by atomic mass is 16.5. The lowest BCUT2D eigenvalue weighted by Gasteiger charge is -2.35. The van der Waals surface area contributed by atoms with Crippen molar-refractivity contribution in [1.29, 1.82) is 0 Å². The second-order valence-corrected chi connectivity index (χ2v) is 8.19. The molecule has 4 rings (SSSR count). The first-order valence-electron chi connectivity index (χ1n) is 11.5. The number of ether oxygens (including phenoxy) is 2. The number of aromatic hydroxyl groups is 1. The van der Waals surface area contributed by atoms with Crippen molar-refractivity contribution in [2.24, 2.45) is 0 Å². The largest absolute Gasteiger partial charge is 0.507 e. The van der Waals surface area contributed by atoms with E-state index < -0.39 is 0 Å².